The van der Waals surface area contributed by atoms with Gasteiger partial charge >= 0.3 is 0 Å². The highest BCUT2D eigenvalue weighted by Gasteiger charge is 2.03. The molecule has 31 heavy (non-hydrogen) atoms. The highest BCUT2D eigenvalue weighted by Crippen LogP contribution is 2.13. The summed E-state index contributed by atoms with van der Waals surface area (Å²) in [4.78, 5) is 27.9. The second kappa shape index (κ2) is 21.8. The van der Waals surface area contributed by atoms with Crippen LogP contribution in [0.2, 0.25) is 0 Å². The summed E-state index contributed by atoms with van der Waals surface area (Å²) < 4.78 is 3.86. The number of rotatable bonds is 12. The number of carbonyl (C=O) groups excluding carboxylic acids is 2. The Bertz CT molecular complexity index is 691. The van der Waals surface area contributed by atoms with E-state index < -0.39 is 0 Å². The molecule has 0 aliphatic rings. The topological polar surface area (TPSA) is 96.1 Å². The van der Waals surface area contributed by atoms with E-state index in [1.54, 1.807) is 19.3 Å². The van der Waals surface area contributed by atoms with Crippen molar-refractivity contribution in [1.29, 1.82) is 0 Å². The summed E-state index contributed by atoms with van der Waals surface area (Å²) in [6.45, 7) is 15.5. The molecule has 0 aromatic carbocycles. The van der Waals surface area contributed by atoms with Gasteiger partial charge in [-0.25, -0.2) is 4.98 Å². The molecule has 0 atom stereocenters. The average molecular weight is 433 g/mol. The zero-order valence-electron chi connectivity index (χ0n) is 19.8. The number of carbonyl (C=O) groups is 2. The molecule has 1 aromatic rings. The van der Waals surface area contributed by atoms with Crippen LogP contribution >= 0.6 is 0 Å². The van der Waals surface area contributed by atoms with Crippen molar-refractivity contribution in [3.05, 3.63) is 60.8 Å². The standard InChI is InChI=1S/C19H28N4O.C3H8.C2H4O2/c1-5-16(6-2)11-10-15(3)17-13-22-18(23-17)9-7-8-12-21-19(24)14-20-4;1-3-2;1-4-2-3/h5-6,10-11,13,20H,1,3,7-9,12,14H2,2,4H3,(H,21,24)(H,22,23);3H2,1-2H3;2H,1H3/b11-10-,16-6-;;. The third-order valence-corrected chi connectivity index (χ3v) is 3.62. The number of likely N-dealkylation sites (N-methyl/N-ethyl adjacent to an activating group) is 1. The fraction of sp³-hybridized carbons (Fsp3) is 0.458. The number of nitrogens with one attached hydrogen (secondary N) is 3. The van der Waals surface area contributed by atoms with Crippen LogP contribution < -0.4 is 10.6 Å². The van der Waals surface area contributed by atoms with Crippen LogP contribution in [0.5, 0.6) is 0 Å². The van der Waals surface area contributed by atoms with E-state index in [0.29, 0.717) is 19.6 Å². The van der Waals surface area contributed by atoms with Crippen LogP contribution in [0.4, 0.5) is 0 Å². The second-order valence-corrected chi connectivity index (χ2v) is 6.47. The fourth-order valence-electron chi connectivity index (χ4n) is 2.09. The van der Waals surface area contributed by atoms with Gasteiger partial charge in [-0.05, 0) is 38.0 Å². The lowest BCUT2D eigenvalue weighted by Gasteiger charge is -2.03. The van der Waals surface area contributed by atoms with E-state index in [1.165, 1.54) is 13.5 Å². The van der Waals surface area contributed by atoms with Crippen LogP contribution in [-0.2, 0) is 20.7 Å². The number of aryl methyl sites for hydroxylation is 1. The smallest absolute Gasteiger partial charge is 0.292 e. The zero-order chi connectivity index (χ0) is 23.9. The van der Waals surface area contributed by atoms with E-state index in [9.17, 15) is 4.79 Å². The first kappa shape index (κ1) is 30.3. The first-order chi connectivity index (χ1) is 14.9. The van der Waals surface area contributed by atoms with Gasteiger partial charge in [0.05, 0.1) is 25.5 Å². The molecule has 1 heterocycles. The normalized spacial score (nSPS) is 10.3. The molecule has 0 saturated carbocycles. The van der Waals surface area contributed by atoms with Crippen LogP contribution in [0.15, 0.2) is 49.2 Å². The minimum Gasteiger partial charge on any atom is -0.471 e. The van der Waals surface area contributed by atoms with E-state index in [1.807, 2.05) is 25.2 Å². The number of aromatic nitrogens is 2. The lowest BCUT2D eigenvalue weighted by molar-refractivity contribution is -0.126. The maximum Gasteiger partial charge on any atom is 0.292 e. The Morgan fingerprint density at radius 3 is 2.45 bits per heavy atom. The number of hydrogen-bond acceptors (Lipinski definition) is 5. The molecule has 0 spiro atoms. The minimum atomic E-state index is 0.0286. The molecule has 3 N–H and O–H groups in total. The molecule has 7 heteroatoms. The molecule has 7 nitrogen and oxygen atoms in total. The van der Waals surface area contributed by atoms with Gasteiger partial charge in [0.2, 0.25) is 5.91 Å². The average Bonchev–Trinajstić information content (AvgIpc) is 3.24. The summed E-state index contributed by atoms with van der Waals surface area (Å²) >= 11 is 0. The summed E-state index contributed by atoms with van der Waals surface area (Å²) in [5.41, 5.74) is 2.86. The van der Waals surface area contributed by atoms with Gasteiger partial charge < -0.3 is 20.4 Å². The van der Waals surface area contributed by atoms with E-state index >= 15 is 0 Å². The SMILES string of the molecule is C=CC(/C=C\C(=C)c1cnc(CCCCNC(=O)CNC)[nH]1)=C/C.CCC.COC=O. The Kier molecular flexibility index (Phi) is 21.3. The van der Waals surface area contributed by atoms with Gasteiger partial charge in [-0.3, -0.25) is 9.59 Å². The number of ether oxygens (including phenoxy) is 1. The third-order valence-electron chi connectivity index (χ3n) is 3.62. The van der Waals surface area contributed by atoms with Crippen LogP contribution in [-0.4, -0.2) is 49.6 Å². The summed E-state index contributed by atoms with van der Waals surface area (Å²) in [7, 11) is 3.07. The third kappa shape index (κ3) is 17.6. The van der Waals surface area contributed by atoms with E-state index in [0.717, 1.165) is 41.9 Å². The first-order valence-corrected chi connectivity index (χ1v) is 10.5. The quantitative estimate of drug-likeness (QED) is 0.264. The van der Waals surface area contributed by atoms with Crippen LogP contribution in [0.25, 0.3) is 5.57 Å². The van der Waals surface area contributed by atoms with Crippen molar-refractivity contribution < 1.29 is 14.3 Å². The summed E-state index contributed by atoms with van der Waals surface area (Å²) in [6.07, 6.45) is 13.5. The van der Waals surface area contributed by atoms with Crippen LogP contribution in [0.1, 0.15) is 51.6 Å². The van der Waals surface area contributed by atoms with E-state index in [4.69, 9.17) is 4.79 Å². The molecule has 1 rings (SSSR count). The van der Waals surface area contributed by atoms with Crippen LogP contribution in [0, 0.1) is 0 Å². The maximum absolute atomic E-state index is 11.3. The van der Waals surface area contributed by atoms with Crippen LogP contribution in [0.3, 0.4) is 0 Å². The van der Waals surface area contributed by atoms with Gasteiger partial charge in [0.1, 0.15) is 5.82 Å². The Hall–Kier alpha value is -2.93. The predicted octanol–water partition coefficient (Wildman–Crippen LogP) is 3.98. The molecule has 174 valence electrons. The number of imidazole rings is 1. The summed E-state index contributed by atoms with van der Waals surface area (Å²) in [5.74, 6) is 0.969. The summed E-state index contributed by atoms with van der Waals surface area (Å²) in [6, 6.07) is 0. The molecular formula is C24H40N4O3. The molecule has 0 radical (unpaired) electrons. The van der Waals surface area contributed by atoms with Crippen molar-refractivity contribution in [2.45, 2.75) is 46.5 Å². The maximum atomic E-state index is 11.3. The van der Waals surface area contributed by atoms with Gasteiger partial charge in [-0.1, -0.05) is 57.7 Å². The molecule has 0 unspecified atom stereocenters. The summed E-state index contributed by atoms with van der Waals surface area (Å²) in [5, 5.41) is 5.69. The number of aromatic amines is 1. The molecular weight excluding hydrogens is 392 g/mol. The molecule has 1 aromatic heterocycles. The van der Waals surface area contributed by atoms with Crippen molar-refractivity contribution in [1.82, 2.24) is 20.6 Å². The van der Waals surface area contributed by atoms with Crippen molar-refractivity contribution in [3.63, 3.8) is 0 Å². The monoisotopic (exact) mass is 432 g/mol. The molecule has 0 aliphatic heterocycles. The van der Waals surface area contributed by atoms with E-state index in [-0.39, 0.29) is 5.91 Å². The minimum absolute atomic E-state index is 0.0286. The lowest BCUT2D eigenvalue weighted by Crippen LogP contribution is -2.32. The van der Waals surface area contributed by atoms with Crippen molar-refractivity contribution in [2.75, 3.05) is 27.2 Å². The lowest BCUT2D eigenvalue weighted by atomic mass is 10.1. The molecule has 1 amide bonds. The largest absolute Gasteiger partial charge is 0.471 e. The number of H-pyrrole nitrogens is 1. The van der Waals surface area contributed by atoms with E-state index in [2.05, 4.69) is 52.3 Å². The Labute approximate surface area is 187 Å². The molecule has 0 saturated heterocycles. The van der Waals surface area contributed by atoms with Gasteiger partial charge in [-0.15, -0.1) is 0 Å². The number of nitrogens with zero attached hydrogens (tertiary/aromatic N) is 1. The molecule has 0 aliphatic carbocycles. The number of methoxy groups -OCH3 is 1. The zero-order valence-corrected chi connectivity index (χ0v) is 19.8. The van der Waals surface area contributed by atoms with Crippen molar-refractivity contribution in [2.24, 2.45) is 0 Å². The number of unbranched alkanes of at least 4 members (excludes halogenated alkanes) is 1. The Balaban J connectivity index is 0. The highest BCUT2D eigenvalue weighted by molar-refractivity contribution is 5.77. The number of amides is 1. The second-order valence-electron chi connectivity index (χ2n) is 6.47. The fourth-order valence-corrected chi connectivity index (χ4v) is 2.09. The number of allylic oxidation sites excluding steroid dienone is 6. The van der Waals surface area contributed by atoms with Gasteiger partial charge in [-0.2, -0.15) is 0 Å². The van der Waals surface area contributed by atoms with Gasteiger partial charge in [0.25, 0.3) is 6.47 Å². The molecule has 0 fully saturated rings. The Morgan fingerprint density at radius 2 is 1.94 bits per heavy atom. The predicted molar refractivity (Wildman–Crippen MR) is 130 cm³/mol. The van der Waals surface area contributed by atoms with Gasteiger partial charge in [0, 0.05) is 13.0 Å². The molecule has 0 bridgehead atoms. The Morgan fingerprint density at radius 1 is 1.29 bits per heavy atom. The number of hydrogen-bond donors (Lipinski definition) is 3. The first-order valence-electron chi connectivity index (χ1n) is 10.5. The van der Waals surface area contributed by atoms with Gasteiger partial charge in [0.15, 0.2) is 0 Å². The van der Waals surface area contributed by atoms with Crippen molar-refractivity contribution in [3.8, 4) is 0 Å². The highest BCUT2D eigenvalue weighted by atomic mass is 16.5. The van der Waals surface area contributed by atoms with Crippen molar-refractivity contribution >= 4 is 18.0 Å².